The minimum Gasteiger partial charge on any atom is -0.507 e. The van der Waals surface area contributed by atoms with Gasteiger partial charge in [0, 0.05) is 22.3 Å². The number of rotatable bonds is 6. The number of halogens is 1. The predicted molar refractivity (Wildman–Crippen MR) is 147 cm³/mol. The Morgan fingerprint density at radius 2 is 1.78 bits per heavy atom. The van der Waals surface area contributed by atoms with Gasteiger partial charge in [-0.3, -0.25) is 10.1 Å². The highest BCUT2D eigenvalue weighted by Crippen LogP contribution is 2.33. The van der Waals surface area contributed by atoms with Crippen LogP contribution in [0.1, 0.15) is 15.9 Å². The largest absolute Gasteiger partial charge is 0.507 e. The quantitative estimate of drug-likeness (QED) is 0.214. The van der Waals surface area contributed by atoms with E-state index in [2.05, 4.69) is 15.6 Å². The van der Waals surface area contributed by atoms with Gasteiger partial charge in [-0.1, -0.05) is 41.9 Å². The zero-order valence-corrected chi connectivity index (χ0v) is 20.8. The second-order valence-electron chi connectivity index (χ2n) is 8.07. The molecule has 0 aliphatic heterocycles. The molecule has 37 heavy (non-hydrogen) atoms. The molecule has 9 heteroatoms. The van der Waals surface area contributed by atoms with Gasteiger partial charge in [0.1, 0.15) is 23.6 Å². The summed E-state index contributed by atoms with van der Waals surface area (Å²) in [5.41, 5.74) is 3.51. The van der Waals surface area contributed by atoms with Gasteiger partial charge in [-0.15, -0.1) is 0 Å². The predicted octanol–water partition coefficient (Wildman–Crippen LogP) is 6.56. The van der Waals surface area contributed by atoms with Gasteiger partial charge in [0.05, 0.1) is 5.56 Å². The lowest BCUT2D eigenvalue weighted by Gasteiger charge is -2.11. The molecule has 1 amide bonds. The van der Waals surface area contributed by atoms with Gasteiger partial charge < -0.3 is 19.6 Å². The van der Waals surface area contributed by atoms with Gasteiger partial charge in [0.2, 0.25) is 5.89 Å². The highest BCUT2D eigenvalue weighted by Gasteiger charge is 2.14. The van der Waals surface area contributed by atoms with E-state index in [0.29, 0.717) is 45.3 Å². The average molecular weight is 530 g/mol. The third kappa shape index (κ3) is 5.88. The van der Waals surface area contributed by atoms with Crippen LogP contribution in [-0.4, -0.2) is 21.1 Å². The van der Waals surface area contributed by atoms with Gasteiger partial charge >= 0.3 is 0 Å². The maximum absolute atomic E-state index is 12.6. The summed E-state index contributed by atoms with van der Waals surface area (Å²) in [7, 11) is 0. The molecule has 0 atom stereocenters. The summed E-state index contributed by atoms with van der Waals surface area (Å²) < 4.78 is 11.5. The number of oxazole rings is 1. The molecule has 5 aromatic rings. The van der Waals surface area contributed by atoms with E-state index in [1.54, 1.807) is 54.6 Å². The number of carbonyl (C=O) groups is 1. The van der Waals surface area contributed by atoms with Crippen molar-refractivity contribution in [3.8, 4) is 23.0 Å². The van der Waals surface area contributed by atoms with Gasteiger partial charge in [-0.05, 0) is 72.4 Å². The SMILES string of the molecule is O=C(NC(=S)Nc1ccc(-c2nc3cc(Cl)ccc3o2)c(O)c1)c1ccc(OCc2ccccc2)cc1. The summed E-state index contributed by atoms with van der Waals surface area (Å²) in [6, 6.07) is 26.5. The first-order chi connectivity index (χ1) is 17.9. The van der Waals surface area contributed by atoms with Crippen LogP contribution in [0.3, 0.4) is 0 Å². The highest BCUT2D eigenvalue weighted by molar-refractivity contribution is 7.80. The van der Waals surface area contributed by atoms with E-state index in [1.807, 2.05) is 30.3 Å². The molecule has 0 spiro atoms. The molecule has 4 aromatic carbocycles. The third-order valence-corrected chi connectivity index (χ3v) is 5.87. The Morgan fingerprint density at radius 1 is 1.00 bits per heavy atom. The van der Waals surface area contributed by atoms with E-state index in [4.69, 9.17) is 33.0 Å². The molecular weight excluding hydrogens is 510 g/mol. The normalized spacial score (nSPS) is 10.7. The van der Waals surface area contributed by atoms with Crippen LogP contribution >= 0.6 is 23.8 Å². The Hall–Kier alpha value is -4.40. The van der Waals surface area contributed by atoms with Crippen molar-refractivity contribution in [2.24, 2.45) is 0 Å². The molecule has 0 unspecified atom stereocenters. The number of phenols is 1. The number of fused-ring (bicyclic) bond motifs is 1. The first kappa shape index (κ1) is 24.3. The van der Waals surface area contributed by atoms with E-state index in [-0.39, 0.29) is 22.7 Å². The monoisotopic (exact) mass is 529 g/mol. The minimum absolute atomic E-state index is 0.0668. The molecule has 1 aromatic heterocycles. The fourth-order valence-electron chi connectivity index (χ4n) is 3.59. The molecule has 0 aliphatic carbocycles. The molecule has 1 heterocycles. The molecule has 0 saturated carbocycles. The Kier molecular flexibility index (Phi) is 7.02. The van der Waals surface area contributed by atoms with Crippen molar-refractivity contribution >= 4 is 51.6 Å². The minimum atomic E-state index is -0.377. The van der Waals surface area contributed by atoms with Gasteiger partial charge in [0.15, 0.2) is 10.7 Å². The van der Waals surface area contributed by atoms with Crippen LogP contribution in [0.5, 0.6) is 11.5 Å². The van der Waals surface area contributed by atoms with Crippen molar-refractivity contribution in [1.82, 2.24) is 10.3 Å². The number of carbonyl (C=O) groups excluding carboxylic acids is 1. The topological polar surface area (TPSA) is 96.6 Å². The second kappa shape index (κ2) is 10.7. The van der Waals surface area contributed by atoms with Crippen LogP contribution in [0, 0.1) is 0 Å². The molecule has 7 nitrogen and oxygen atoms in total. The Labute approximate surface area is 222 Å². The van der Waals surface area contributed by atoms with Gasteiger partial charge in [-0.25, -0.2) is 4.98 Å². The lowest BCUT2D eigenvalue weighted by molar-refractivity contribution is 0.0977. The Bertz CT molecular complexity index is 1590. The van der Waals surface area contributed by atoms with Crippen LogP contribution in [-0.2, 0) is 6.61 Å². The zero-order chi connectivity index (χ0) is 25.8. The summed E-state index contributed by atoms with van der Waals surface area (Å²) >= 11 is 11.3. The van der Waals surface area contributed by atoms with Crippen LogP contribution in [0.15, 0.2) is 95.4 Å². The number of benzene rings is 4. The fourth-order valence-corrected chi connectivity index (χ4v) is 3.96. The number of aromatic hydroxyl groups is 1. The zero-order valence-electron chi connectivity index (χ0n) is 19.3. The number of nitrogens with zero attached hydrogens (tertiary/aromatic N) is 1. The fraction of sp³-hybridized carbons (Fsp3) is 0.0357. The summed E-state index contributed by atoms with van der Waals surface area (Å²) in [5, 5.41) is 16.7. The summed E-state index contributed by atoms with van der Waals surface area (Å²) in [6.45, 7) is 0.437. The number of hydrogen-bond donors (Lipinski definition) is 3. The van der Waals surface area contributed by atoms with Crippen molar-refractivity contribution in [1.29, 1.82) is 0 Å². The summed E-state index contributed by atoms with van der Waals surface area (Å²) in [6.07, 6.45) is 0. The molecule has 0 aliphatic rings. The molecule has 0 bridgehead atoms. The number of hydrogen-bond acceptors (Lipinski definition) is 6. The van der Waals surface area contributed by atoms with E-state index >= 15 is 0 Å². The van der Waals surface area contributed by atoms with Crippen molar-refractivity contribution in [3.05, 3.63) is 107 Å². The van der Waals surface area contributed by atoms with E-state index in [1.165, 1.54) is 6.07 Å². The standard InChI is InChI=1S/C28H20ClN3O4S/c29-19-8-13-25-23(14-19)31-27(36-25)22-12-9-20(15-24(22)33)30-28(37)32-26(34)18-6-10-21(11-7-18)35-16-17-4-2-1-3-5-17/h1-15,33H,16H2,(H2,30,32,34,37). The average Bonchev–Trinajstić information content (AvgIpc) is 3.31. The third-order valence-electron chi connectivity index (χ3n) is 5.43. The summed E-state index contributed by atoms with van der Waals surface area (Å²) in [5.74, 6) is 0.466. The van der Waals surface area contributed by atoms with Crippen LogP contribution in [0.4, 0.5) is 5.69 Å². The molecule has 5 rings (SSSR count). The van der Waals surface area contributed by atoms with Crippen molar-refractivity contribution in [2.45, 2.75) is 6.61 Å². The number of thiocarbonyl (C=S) groups is 1. The van der Waals surface area contributed by atoms with Crippen molar-refractivity contribution in [2.75, 3.05) is 5.32 Å². The first-order valence-electron chi connectivity index (χ1n) is 11.2. The van der Waals surface area contributed by atoms with E-state index < -0.39 is 0 Å². The molecular formula is C28H20ClN3O4S. The lowest BCUT2D eigenvalue weighted by atomic mass is 10.2. The molecule has 184 valence electrons. The Morgan fingerprint density at radius 3 is 2.54 bits per heavy atom. The maximum Gasteiger partial charge on any atom is 0.257 e. The number of ether oxygens (including phenoxy) is 1. The number of amides is 1. The van der Waals surface area contributed by atoms with Crippen LogP contribution in [0.2, 0.25) is 5.02 Å². The summed E-state index contributed by atoms with van der Waals surface area (Å²) in [4.78, 5) is 17.0. The molecule has 3 N–H and O–H groups in total. The van der Waals surface area contributed by atoms with Gasteiger partial charge in [0.25, 0.3) is 5.91 Å². The Balaban J connectivity index is 1.18. The smallest absolute Gasteiger partial charge is 0.257 e. The highest BCUT2D eigenvalue weighted by atomic mass is 35.5. The maximum atomic E-state index is 12.6. The van der Waals surface area contributed by atoms with Crippen LogP contribution < -0.4 is 15.4 Å². The first-order valence-corrected chi connectivity index (χ1v) is 12.0. The van der Waals surface area contributed by atoms with Crippen molar-refractivity contribution < 1.29 is 19.1 Å². The number of anilines is 1. The molecule has 0 fully saturated rings. The number of nitrogens with one attached hydrogen (secondary N) is 2. The number of aromatic nitrogens is 1. The lowest BCUT2D eigenvalue weighted by Crippen LogP contribution is -2.34. The van der Waals surface area contributed by atoms with Crippen molar-refractivity contribution in [3.63, 3.8) is 0 Å². The van der Waals surface area contributed by atoms with E-state index in [9.17, 15) is 9.90 Å². The molecule has 0 saturated heterocycles. The van der Waals surface area contributed by atoms with E-state index in [0.717, 1.165) is 5.56 Å². The second-order valence-corrected chi connectivity index (χ2v) is 8.91. The van der Waals surface area contributed by atoms with Crippen LogP contribution in [0.25, 0.3) is 22.6 Å². The molecule has 0 radical (unpaired) electrons. The van der Waals surface area contributed by atoms with Gasteiger partial charge in [-0.2, -0.15) is 0 Å². The number of phenolic OH excluding ortho intramolecular Hbond substituents is 1.